The lowest BCUT2D eigenvalue weighted by Crippen LogP contribution is -2.30. The summed E-state index contributed by atoms with van der Waals surface area (Å²) in [6.45, 7) is 7.46. The van der Waals surface area contributed by atoms with Crippen LogP contribution >= 0.6 is 15.6 Å². The van der Waals surface area contributed by atoms with Crippen molar-refractivity contribution in [1.29, 1.82) is 0 Å². The van der Waals surface area contributed by atoms with Crippen LogP contribution in [0.4, 0.5) is 0 Å². The van der Waals surface area contributed by atoms with E-state index in [9.17, 15) is 43.2 Å². The van der Waals surface area contributed by atoms with Gasteiger partial charge in [0.2, 0.25) is 0 Å². The molecule has 0 amide bonds. The minimum atomic E-state index is -4.97. The Hall–Kier alpha value is -1.94. The maximum Gasteiger partial charge on any atom is 0.472 e. The lowest BCUT2D eigenvalue weighted by atomic mass is 9.99. The summed E-state index contributed by atoms with van der Waals surface area (Å²) in [5.74, 6) is -1.25. The molecule has 0 fully saturated rings. The van der Waals surface area contributed by atoms with E-state index in [2.05, 4.69) is 34.6 Å². The molecule has 0 heterocycles. The Morgan fingerprint density at radius 3 is 0.645 bits per heavy atom. The standard InChI is InChI=1S/C91H178O17P2/c1-6-10-13-16-19-22-25-28-30-32-34-36-38-40-46-51-56-61-66-71-76-90(95)107-87(81-102-89(94)75-70-65-60-55-50-45-39-37-35-33-31-29-26-23-20-17-14-11-7-2)83-106-110(99,100)104-79-85(92)78-103-109(97,98)105-82-86(80-101-88(93)74-69-64-59-54-49-43-27-24-21-18-15-12-8-3)108-91(96)77-72-67-62-57-52-47-42-41-44-48-53-58-63-68-73-84(5)9-4/h84-87,92H,6-83H2,1-5H3,(H,97,98)(H,99,100)/t84?,85-,86+,87+/m0/s1. The third-order valence-electron chi connectivity index (χ3n) is 21.9. The van der Waals surface area contributed by atoms with Gasteiger partial charge in [0, 0.05) is 25.7 Å². The average Bonchev–Trinajstić information content (AvgIpc) is 0.899. The molecular weight excluding hydrogens is 1430 g/mol. The smallest absolute Gasteiger partial charge is 0.462 e. The molecule has 0 aromatic carbocycles. The topological polar surface area (TPSA) is 237 Å². The first-order chi connectivity index (χ1) is 53.6. The number of aliphatic hydroxyl groups excluding tert-OH is 1. The van der Waals surface area contributed by atoms with Gasteiger partial charge in [-0.25, -0.2) is 9.13 Å². The van der Waals surface area contributed by atoms with Gasteiger partial charge >= 0.3 is 39.5 Å². The average molecular weight is 1610 g/mol. The summed E-state index contributed by atoms with van der Waals surface area (Å²) >= 11 is 0. The van der Waals surface area contributed by atoms with Crippen LogP contribution in [0.1, 0.15) is 497 Å². The van der Waals surface area contributed by atoms with Crippen LogP contribution in [0.25, 0.3) is 0 Å². The summed E-state index contributed by atoms with van der Waals surface area (Å²) in [5.41, 5.74) is 0. The van der Waals surface area contributed by atoms with Crippen LogP contribution in [0.2, 0.25) is 0 Å². The Kier molecular flexibility index (Phi) is 82.1. The third-order valence-corrected chi connectivity index (χ3v) is 23.8. The highest BCUT2D eigenvalue weighted by atomic mass is 31.2. The molecule has 0 radical (unpaired) electrons. The van der Waals surface area contributed by atoms with Crippen LogP contribution in [0.15, 0.2) is 0 Å². The van der Waals surface area contributed by atoms with Gasteiger partial charge in [0.1, 0.15) is 19.3 Å². The summed E-state index contributed by atoms with van der Waals surface area (Å²) in [4.78, 5) is 73.5. The van der Waals surface area contributed by atoms with Crippen LogP contribution in [0.5, 0.6) is 0 Å². The van der Waals surface area contributed by atoms with Crippen LogP contribution in [-0.2, 0) is 65.4 Å². The number of hydrogen-bond acceptors (Lipinski definition) is 15. The zero-order chi connectivity index (χ0) is 80.4. The van der Waals surface area contributed by atoms with Crippen molar-refractivity contribution < 1.29 is 80.2 Å². The number of phosphoric ester groups is 2. The zero-order valence-corrected chi connectivity index (χ0v) is 74.2. The molecule has 110 heavy (non-hydrogen) atoms. The van der Waals surface area contributed by atoms with Gasteiger partial charge in [0.15, 0.2) is 12.2 Å². The van der Waals surface area contributed by atoms with E-state index in [0.29, 0.717) is 25.7 Å². The second-order valence-electron chi connectivity index (χ2n) is 32.9. The number of phosphoric acid groups is 2. The fourth-order valence-electron chi connectivity index (χ4n) is 14.3. The molecule has 0 aliphatic heterocycles. The van der Waals surface area contributed by atoms with Crippen molar-refractivity contribution >= 4 is 39.5 Å². The highest BCUT2D eigenvalue weighted by Gasteiger charge is 2.31. The van der Waals surface area contributed by atoms with Crippen molar-refractivity contribution in [2.45, 2.75) is 515 Å². The second-order valence-corrected chi connectivity index (χ2v) is 35.8. The summed E-state index contributed by atoms with van der Waals surface area (Å²) in [6, 6.07) is 0. The molecular formula is C91H178O17P2. The van der Waals surface area contributed by atoms with Crippen molar-refractivity contribution in [3.8, 4) is 0 Å². The molecule has 3 N–H and O–H groups in total. The minimum absolute atomic E-state index is 0.109. The molecule has 0 aliphatic carbocycles. The molecule has 0 rings (SSSR count). The van der Waals surface area contributed by atoms with Crippen molar-refractivity contribution in [3.05, 3.63) is 0 Å². The second kappa shape index (κ2) is 83.5. The Morgan fingerprint density at radius 1 is 0.255 bits per heavy atom. The van der Waals surface area contributed by atoms with E-state index in [4.69, 9.17) is 37.0 Å². The molecule has 0 aromatic heterocycles. The molecule has 0 saturated heterocycles. The van der Waals surface area contributed by atoms with E-state index >= 15 is 0 Å². The largest absolute Gasteiger partial charge is 0.472 e. The molecule has 6 atom stereocenters. The van der Waals surface area contributed by atoms with Crippen molar-refractivity contribution in [3.63, 3.8) is 0 Å². The van der Waals surface area contributed by atoms with E-state index in [0.717, 1.165) is 95.8 Å². The van der Waals surface area contributed by atoms with Gasteiger partial charge in [-0.3, -0.25) is 37.3 Å². The predicted octanol–water partition coefficient (Wildman–Crippen LogP) is 28.3. The number of unbranched alkanes of at least 4 members (excludes halogenated alkanes) is 62. The molecule has 654 valence electrons. The van der Waals surface area contributed by atoms with Gasteiger partial charge in [-0.1, -0.05) is 446 Å². The van der Waals surface area contributed by atoms with E-state index in [1.165, 1.54) is 321 Å². The normalized spacial score (nSPS) is 13.9. The van der Waals surface area contributed by atoms with Gasteiger partial charge in [-0.05, 0) is 31.6 Å². The van der Waals surface area contributed by atoms with E-state index in [1.54, 1.807) is 0 Å². The van der Waals surface area contributed by atoms with Crippen molar-refractivity contribution in [2.75, 3.05) is 39.6 Å². The quantitative estimate of drug-likeness (QED) is 0.0222. The molecule has 19 heteroatoms. The minimum Gasteiger partial charge on any atom is -0.462 e. The number of hydrogen-bond donors (Lipinski definition) is 3. The lowest BCUT2D eigenvalue weighted by Gasteiger charge is -2.21. The van der Waals surface area contributed by atoms with Crippen LogP contribution in [0.3, 0.4) is 0 Å². The number of ether oxygens (including phenoxy) is 4. The third kappa shape index (κ3) is 82.6. The summed E-state index contributed by atoms with van der Waals surface area (Å²) in [7, 11) is -9.94. The van der Waals surface area contributed by atoms with Crippen LogP contribution in [-0.4, -0.2) is 96.7 Å². The molecule has 0 bridgehead atoms. The highest BCUT2D eigenvalue weighted by molar-refractivity contribution is 7.47. The number of aliphatic hydroxyl groups is 1. The number of carbonyl (C=O) groups excluding carboxylic acids is 4. The molecule has 3 unspecified atom stereocenters. The zero-order valence-electron chi connectivity index (χ0n) is 72.4. The molecule has 0 aromatic rings. The first-order valence-electron chi connectivity index (χ1n) is 47.2. The summed E-state index contributed by atoms with van der Waals surface area (Å²) in [6.07, 6.45) is 79.1. The Labute approximate surface area is 677 Å². The van der Waals surface area contributed by atoms with Crippen LogP contribution in [0, 0.1) is 5.92 Å². The summed E-state index contributed by atoms with van der Waals surface area (Å²) < 4.78 is 69.1. The predicted molar refractivity (Wildman–Crippen MR) is 455 cm³/mol. The van der Waals surface area contributed by atoms with Gasteiger partial charge in [-0.15, -0.1) is 0 Å². The maximum atomic E-state index is 13.2. The van der Waals surface area contributed by atoms with Crippen molar-refractivity contribution in [1.82, 2.24) is 0 Å². The molecule has 0 aliphatic rings. The van der Waals surface area contributed by atoms with Crippen molar-refractivity contribution in [2.24, 2.45) is 5.92 Å². The molecule has 0 saturated carbocycles. The lowest BCUT2D eigenvalue weighted by molar-refractivity contribution is -0.161. The Balaban J connectivity index is 5.26. The highest BCUT2D eigenvalue weighted by Crippen LogP contribution is 2.45. The van der Waals surface area contributed by atoms with Gasteiger partial charge in [-0.2, -0.15) is 0 Å². The molecule has 17 nitrogen and oxygen atoms in total. The van der Waals surface area contributed by atoms with E-state index in [1.807, 2.05) is 0 Å². The van der Waals surface area contributed by atoms with Gasteiger partial charge < -0.3 is 33.8 Å². The summed E-state index contributed by atoms with van der Waals surface area (Å²) in [5, 5.41) is 10.7. The first kappa shape index (κ1) is 108. The van der Waals surface area contributed by atoms with E-state index in [-0.39, 0.29) is 25.7 Å². The SMILES string of the molecule is CCCCCCCCCCCCCCCCCCCCCCC(=O)O[C@H](COC(=O)CCCCCCCCCCCCCCCCCCCCC)COP(=O)(O)OC[C@@H](O)COP(=O)(O)OC[C@@H](COC(=O)CCCCCCCCCCCCCCC)OC(=O)CCCCCCCCCCCCCCCCC(C)CC. The number of carbonyl (C=O) groups is 4. The fourth-order valence-corrected chi connectivity index (χ4v) is 15.9. The van der Waals surface area contributed by atoms with E-state index < -0.39 is 97.5 Å². The van der Waals surface area contributed by atoms with Gasteiger partial charge in [0.05, 0.1) is 26.4 Å². The Morgan fingerprint density at radius 2 is 0.436 bits per heavy atom. The Bertz CT molecular complexity index is 2080. The fraction of sp³-hybridized carbons (Fsp3) is 0.956. The molecule has 0 spiro atoms. The number of rotatable bonds is 91. The maximum absolute atomic E-state index is 13.2. The van der Waals surface area contributed by atoms with Gasteiger partial charge in [0.25, 0.3) is 0 Å². The van der Waals surface area contributed by atoms with Crippen LogP contribution < -0.4 is 0 Å². The monoisotopic (exact) mass is 1610 g/mol. The number of esters is 4. The first-order valence-corrected chi connectivity index (χ1v) is 50.2.